The van der Waals surface area contributed by atoms with Crippen LogP contribution < -0.4 is 5.32 Å². The average molecular weight is 547 g/mol. The Labute approximate surface area is 237 Å². The molecule has 5 aliphatic rings. The second-order valence-corrected chi connectivity index (χ2v) is 12.6. The molecule has 1 N–H and O–H groups in total. The Bertz CT molecular complexity index is 1240. The molecule has 0 unspecified atom stereocenters. The zero-order chi connectivity index (χ0) is 28.5. The first-order valence-electron chi connectivity index (χ1n) is 15.0. The molecule has 0 saturated heterocycles. The van der Waals surface area contributed by atoms with Gasteiger partial charge in [0.15, 0.2) is 5.78 Å². The molecule has 0 radical (unpaired) electrons. The van der Waals surface area contributed by atoms with E-state index in [1.807, 2.05) is 12.2 Å². The highest BCUT2D eigenvalue weighted by molar-refractivity contribution is 6.03. The zero-order valence-electron chi connectivity index (χ0n) is 24.0. The maximum Gasteiger partial charge on any atom is 0.433 e. The molecule has 0 spiro atoms. The number of amides is 1. The van der Waals surface area contributed by atoms with Crippen LogP contribution in [0.4, 0.5) is 4.79 Å². The fourth-order valence-electron chi connectivity index (χ4n) is 8.89. The number of carbonyl (C=O) groups is 4. The Kier molecular flexibility index (Phi) is 8.12. The van der Waals surface area contributed by atoms with Gasteiger partial charge in [-0.2, -0.15) is 0 Å². The van der Waals surface area contributed by atoms with E-state index in [4.69, 9.17) is 4.84 Å². The summed E-state index contributed by atoms with van der Waals surface area (Å²) >= 11 is 0. The Morgan fingerprint density at radius 2 is 2.00 bits per heavy atom. The van der Waals surface area contributed by atoms with Crippen molar-refractivity contribution >= 4 is 29.7 Å². The molecule has 0 aliphatic heterocycles. The van der Waals surface area contributed by atoms with Gasteiger partial charge in [0, 0.05) is 30.9 Å². The molecule has 0 aromatic carbocycles. The summed E-state index contributed by atoms with van der Waals surface area (Å²) in [4.78, 5) is 53.4. The van der Waals surface area contributed by atoms with Crippen molar-refractivity contribution in [3.63, 3.8) is 0 Å². The molecule has 2 saturated carbocycles. The van der Waals surface area contributed by atoms with E-state index in [0.717, 1.165) is 63.2 Å². The topological polar surface area (TPSA) is 102 Å². The number of hydrogen-bond acceptors (Lipinski definition) is 6. The second kappa shape index (κ2) is 11.4. The van der Waals surface area contributed by atoms with Crippen LogP contribution in [0.2, 0.25) is 0 Å². The predicted molar refractivity (Wildman–Crippen MR) is 153 cm³/mol. The highest BCUT2D eigenvalue weighted by Gasteiger charge is 2.60. The lowest BCUT2D eigenvalue weighted by molar-refractivity contribution is -0.128. The zero-order valence-corrected chi connectivity index (χ0v) is 24.0. The van der Waals surface area contributed by atoms with Gasteiger partial charge < -0.3 is 5.32 Å². The average Bonchev–Trinajstić information content (AvgIpc) is 3.33. The van der Waals surface area contributed by atoms with Crippen molar-refractivity contribution in [1.82, 2.24) is 5.32 Å². The molecule has 1 amide bonds. The predicted octanol–water partition coefficient (Wildman–Crippen LogP) is 6.21. The first kappa shape index (κ1) is 28.4. The molecule has 0 aromatic rings. The smallest absolute Gasteiger partial charge is 0.320 e. The number of hydrogen-bond donors (Lipinski definition) is 1. The number of rotatable bonds is 8. The van der Waals surface area contributed by atoms with E-state index in [-0.39, 0.29) is 22.5 Å². The summed E-state index contributed by atoms with van der Waals surface area (Å²) in [5.74, 6) is 2.08. The lowest BCUT2D eigenvalue weighted by atomic mass is 9.47. The van der Waals surface area contributed by atoms with Crippen molar-refractivity contribution in [2.45, 2.75) is 85.0 Å². The van der Waals surface area contributed by atoms with Gasteiger partial charge in [0.05, 0.1) is 5.71 Å². The van der Waals surface area contributed by atoms with Crippen molar-refractivity contribution in [2.24, 2.45) is 39.7 Å². The molecular weight excluding hydrogens is 504 g/mol. The third kappa shape index (κ3) is 5.08. The maximum absolute atomic E-state index is 13.0. The maximum atomic E-state index is 13.0. The molecule has 2 fully saturated rings. The Hall–Kier alpha value is -3.09. The van der Waals surface area contributed by atoms with Gasteiger partial charge in [-0.15, -0.1) is 0 Å². The summed E-state index contributed by atoms with van der Waals surface area (Å²) in [6, 6.07) is 0. The number of Topliss-reactive ketones (excluding diaryl/α,β-unsaturated/α-hetero) is 1. The normalized spacial score (nSPS) is 35.5. The molecule has 5 aliphatic carbocycles. The third-order valence-corrected chi connectivity index (χ3v) is 10.8. The molecule has 214 valence electrons. The minimum Gasteiger partial charge on any atom is -0.320 e. The first-order valence-corrected chi connectivity index (χ1v) is 15.0. The van der Waals surface area contributed by atoms with Gasteiger partial charge in [0.25, 0.3) is 0 Å². The van der Waals surface area contributed by atoms with Gasteiger partial charge in [0.1, 0.15) is 12.1 Å². The van der Waals surface area contributed by atoms with Crippen molar-refractivity contribution < 1.29 is 24.0 Å². The van der Waals surface area contributed by atoms with Crippen LogP contribution in [-0.4, -0.2) is 36.2 Å². The van der Waals surface area contributed by atoms with Gasteiger partial charge in [-0.25, -0.2) is 4.79 Å². The van der Waals surface area contributed by atoms with Crippen LogP contribution in [0.15, 0.2) is 52.3 Å². The van der Waals surface area contributed by atoms with Crippen molar-refractivity contribution in [3.8, 4) is 0 Å². The van der Waals surface area contributed by atoms with Gasteiger partial charge in [-0.3, -0.25) is 19.2 Å². The van der Waals surface area contributed by atoms with E-state index in [0.29, 0.717) is 54.2 Å². The Morgan fingerprint density at radius 3 is 2.75 bits per heavy atom. The van der Waals surface area contributed by atoms with Crippen LogP contribution in [0.25, 0.3) is 0 Å². The Balaban J connectivity index is 1.31. The van der Waals surface area contributed by atoms with Crippen LogP contribution in [0.1, 0.15) is 85.0 Å². The summed E-state index contributed by atoms with van der Waals surface area (Å²) < 4.78 is 0. The fraction of sp³-hybridized carbons (Fsp3) is 0.606. The molecule has 5 rings (SSSR count). The van der Waals surface area contributed by atoms with Crippen LogP contribution in [0.3, 0.4) is 0 Å². The largest absolute Gasteiger partial charge is 0.433 e. The van der Waals surface area contributed by atoms with Gasteiger partial charge >= 0.3 is 6.09 Å². The number of aldehydes is 1. The number of carbonyl (C=O) groups excluding carboxylic acids is 4. The number of nitrogens with one attached hydrogen (secondary N) is 1. The van der Waals surface area contributed by atoms with E-state index in [1.54, 1.807) is 19.9 Å². The Morgan fingerprint density at radius 1 is 1.18 bits per heavy atom. The van der Waals surface area contributed by atoms with Crippen LogP contribution in [0, 0.1) is 34.5 Å². The number of oxime groups is 1. The van der Waals surface area contributed by atoms with Gasteiger partial charge in [-0.1, -0.05) is 30.3 Å². The molecular formula is C33H42N2O5. The molecule has 6 atom stereocenters. The molecule has 7 nitrogen and oxygen atoms in total. The lowest BCUT2D eigenvalue weighted by Crippen LogP contribution is -2.50. The van der Waals surface area contributed by atoms with Crippen LogP contribution >= 0.6 is 0 Å². The second-order valence-electron chi connectivity index (χ2n) is 12.6. The highest BCUT2D eigenvalue weighted by Crippen LogP contribution is 2.66. The monoisotopic (exact) mass is 546 g/mol. The van der Waals surface area contributed by atoms with E-state index in [1.165, 1.54) is 5.57 Å². The minimum atomic E-state index is -0.614. The molecule has 7 heteroatoms. The molecule has 0 bridgehead atoms. The quantitative estimate of drug-likeness (QED) is 0.222. The fourth-order valence-corrected chi connectivity index (χ4v) is 8.89. The number of ketones is 2. The summed E-state index contributed by atoms with van der Waals surface area (Å²) in [7, 11) is 0. The van der Waals surface area contributed by atoms with Gasteiger partial charge in [-0.05, 0) is 117 Å². The standard InChI is InChI=1S/C33H42N2O5/c1-4-34-31(39)40-35-25-9-7-22(23(18-25)20-36)6-5-15-33-17-14-29-27(30(33)12-11-28(33)21(2)37)10-8-24-19-26(38)13-16-32(24,29)3/h7-8,10,18-20,27-30H,4-6,9,11-17H2,1-3H3,(H,34,39)/t27-,28-,29-,30+,32-,33-/m1/s1. The summed E-state index contributed by atoms with van der Waals surface area (Å²) in [6.07, 6.45) is 19.3. The van der Waals surface area contributed by atoms with Crippen molar-refractivity contribution in [3.05, 3.63) is 47.1 Å². The van der Waals surface area contributed by atoms with E-state index >= 15 is 0 Å². The summed E-state index contributed by atoms with van der Waals surface area (Å²) in [5.41, 5.74) is 3.35. The number of nitrogens with zero attached hydrogens (tertiary/aromatic N) is 1. The third-order valence-electron chi connectivity index (χ3n) is 10.8. The summed E-state index contributed by atoms with van der Waals surface area (Å²) in [6.45, 7) is 6.38. The van der Waals surface area contributed by atoms with Gasteiger partial charge in [0.2, 0.25) is 0 Å². The van der Waals surface area contributed by atoms with Crippen molar-refractivity contribution in [2.75, 3.05) is 6.54 Å². The molecule has 0 aromatic heterocycles. The molecule has 40 heavy (non-hydrogen) atoms. The first-order chi connectivity index (χ1) is 19.2. The lowest BCUT2D eigenvalue weighted by Gasteiger charge is -2.57. The van der Waals surface area contributed by atoms with Crippen molar-refractivity contribution in [1.29, 1.82) is 0 Å². The number of allylic oxidation sites excluding steroid dienone is 8. The van der Waals surface area contributed by atoms with Crippen LogP contribution in [0.5, 0.6) is 0 Å². The minimum absolute atomic E-state index is 0.00716. The van der Waals surface area contributed by atoms with E-state index < -0.39 is 6.09 Å². The van der Waals surface area contributed by atoms with E-state index in [2.05, 4.69) is 29.5 Å². The number of fused-ring (bicyclic) bond motifs is 5. The highest BCUT2D eigenvalue weighted by atomic mass is 16.7. The van der Waals surface area contributed by atoms with E-state index in [9.17, 15) is 19.2 Å². The molecule has 0 heterocycles. The van der Waals surface area contributed by atoms with Crippen LogP contribution in [-0.2, 0) is 19.2 Å². The SMILES string of the molecule is CCNC(=O)ON=C1C=C(C=O)C(CCC[C@]23CC[C@@H]4[C@@H](C=CC5=CC(=O)CC[C@]54C)[C@@H]2CC[C@@H]3C(C)=O)=CC1. The summed E-state index contributed by atoms with van der Waals surface area (Å²) in [5, 5.41) is 6.42.